The number of amides is 1. The number of anilines is 1. The molecule has 4 heteroatoms. The minimum absolute atomic E-state index is 0.112. The fraction of sp³-hybridized carbons (Fsp3) is 0.353. The Hall–Kier alpha value is -1.91. The molecule has 0 radical (unpaired) electrons. The zero-order chi connectivity index (χ0) is 14.4. The van der Waals surface area contributed by atoms with E-state index < -0.39 is 0 Å². The smallest absolute Gasteiger partial charge is 0.260 e. The number of carbonyl (C=O) groups is 1. The lowest BCUT2D eigenvalue weighted by atomic mass is 10.1. The number of morpholine rings is 1. The lowest BCUT2D eigenvalue weighted by Crippen LogP contribution is -2.47. The van der Waals surface area contributed by atoms with Crippen LogP contribution < -0.4 is 4.90 Å². The van der Waals surface area contributed by atoms with Gasteiger partial charge in [-0.1, -0.05) is 24.3 Å². The lowest BCUT2D eigenvalue weighted by Gasteiger charge is -2.34. The largest absolute Gasteiger partial charge is 0.376 e. The maximum absolute atomic E-state index is 12.7. The van der Waals surface area contributed by atoms with Gasteiger partial charge in [-0.3, -0.25) is 14.6 Å². The second-order valence-corrected chi connectivity index (χ2v) is 5.81. The number of carbonyl (C=O) groups excluding carboxylic acids is 1. The summed E-state index contributed by atoms with van der Waals surface area (Å²) in [4.78, 5) is 16.9. The molecule has 108 valence electrons. The first-order chi connectivity index (χ1) is 10.2. The fourth-order valence-corrected chi connectivity index (χ4v) is 3.34. The summed E-state index contributed by atoms with van der Waals surface area (Å²) in [7, 11) is 0. The Morgan fingerprint density at radius 3 is 2.86 bits per heavy atom. The summed E-state index contributed by atoms with van der Waals surface area (Å²) in [5, 5.41) is 2.22. The van der Waals surface area contributed by atoms with E-state index >= 15 is 0 Å². The van der Waals surface area contributed by atoms with Gasteiger partial charge in [-0.2, -0.15) is 0 Å². The second-order valence-electron chi connectivity index (χ2n) is 5.81. The van der Waals surface area contributed by atoms with Gasteiger partial charge in [0.1, 0.15) is 0 Å². The molecule has 1 saturated heterocycles. The molecule has 4 nitrogen and oxygen atoms in total. The molecule has 0 unspecified atom stereocenters. The van der Waals surface area contributed by atoms with Crippen molar-refractivity contribution in [2.24, 2.45) is 0 Å². The van der Waals surface area contributed by atoms with Gasteiger partial charge in [0.25, 0.3) is 5.91 Å². The van der Waals surface area contributed by atoms with E-state index in [1.165, 1.54) is 0 Å². The highest BCUT2D eigenvalue weighted by Crippen LogP contribution is 2.37. The highest BCUT2D eigenvalue weighted by molar-refractivity contribution is 6.24. The number of nitrogens with zero attached hydrogens (tertiary/aromatic N) is 2. The Morgan fingerprint density at radius 2 is 2.05 bits per heavy atom. The van der Waals surface area contributed by atoms with Crippen LogP contribution in [0, 0.1) is 0 Å². The molecule has 2 aromatic carbocycles. The maximum Gasteiger partial charge on any atom is 0.260 e. The summed E-state index contributed by atoms with van der Waals surface area (Å²) < 4.78 is 5.57. The first-order valence-electron chi connectivity index (χ1n) is 7.41. The lowest BCUT2D eigenvalue weighted by molar-refractivity contribution is -0.0177. The molecule has 2 heterocycles. The average molecular weight is 282 g/mol. The molecule has 2 aromatic rings. The third kappa shape index (κ3) is 2.03. The second kappa shape index (κ2) is 4.83. The zero-order valence-electron chi connectivity index (χ0n) is 12.1. The third-order valence-electron chi connectivity index (χ3n) is 4.32. The summed E-state index contributed by atoms with van der Waals surface area (Å²) in [6.45, 7) is 5.20. The zero-order valence-corrected chi connectivity index (χ0v) is 12.1. The highest BCUT2D eigenvalue weighted by Gasteiger charge is 2.31. The van der Waals surface area contributed by atoms with Crippen LogP contribution in [-0.4, -0.2) is 43.3 Å². The molecule has 0 aliphatic carbocycles. The first-order valence-corrected chi connectivity index (χ1v) is 7.41. The SMILES string of the molecule is C[C@@H]1CN(CN2C(=O)c3cccc4cccc2c34)CCO1. The van der Waals surface area contributed by atoms with Crippen LogP contribution in [0.4, 0.5) is 5.69 Å². The van der Waals surface area contributed by atoms with Gasteiger partial charge >= 0.3 is 0 Å². The molecular weight excluding hydrogens is 264 g/mol. The van der Waals surface area contributed by atoms with Crippen LogP contribution in [-0.2, 0) is 4.74 Å². The van der Waals surface area contributed by atoms with E-state index in [2.05, 4.69) is 24.0 Å². The number of rotatable bonds is 2. The van der Waals surface area contributed by atoms with Crippen molar-refractivity contribution in [1.29, 1.82) is 0 Å². The summed E-state index contributed by atoms with van der Waals surface area (Å²) in [6.07, 6.45) is 0.231. The summed E-state index contributed by atoms with van der Waals surface area (Å²) >= 11 is 0. The van der Waals surface area contributed by atoms with Crippen LogP contribution in [0.15, 0.2) is 36.4 Å². The molecule has 2 aliphatic heterocycles. The molecule has 1 fully saturated rings. The van der Waals surface area contributed by atoms with E-state index in [1.807, 2.05) is 29.2 Å². The molecule has 0 bridgehead atoms. The summed E-state index contributed by atoms with van der Waals surface area (Å²) in [6, 6.07) is 12.1. The van der Waals surface area contributed by atoms with Gasteiger partial charge in [0.15, 0.2) is 0 Å². The molecule has 0 aromatic heterocycles. The van der Waals surface area contributed by atoms with Gasteiger partial charge in [0.05, 0.1) is 25.1 Å². The number of benzene rings is 2. The van der Waals surface area contributed by atoms with Gasteiger partial charge in [-0.05, 0) is 24.4 Å². The van der Waals surface area contributed by atoms with Crippen LogP contribution in [0.2, 0.25) is 0 Å². The highest BCUT2D eigenvalue weighted by atomic mass is 16.5. The third-order valence-corrected chi connectivity index (χ3v) is 4.32. The number of hydrogen-bond acceptors (Lipinski definition) is 3. The average Bonchev–Trinajstić information content (AvgIpc) is 2.76. The minimum Gasteiger partial charge on any atom is -0.376 e. The van der Waals surface area contributed by atoms with Crippen molar-refractivity contribution in [2.75, 3.05) is 31.3 Å². The predicted molar refractivity (Wildman–Crippen MR) is 82.6 cm³/mol. The van der Waals surface area contributed by atoms with Gasteiger partial charge < -0.3 is 4.74 Å². The van der Waals surface area contributed by atoms with Crippen LogP contribution in [0.1, 0.15) is 17.3 Å². The van der Waals surface area contributed by atoms with Gasteiger partial charge in [0, 0.05) is 24.0 Å². The molecule has 4 rings (SSSR count). The van der Waals surface area contributed by atoms with Crippen molar-refractivity contribution in [3.63, 3.8) is 0 Å². The van der Waals surface area contributed by atoms with Crippen molar-refractivity contribution in [1.82, 2.24) is 4.90 Å². The van der Waals surface area contributed by atoms with Crippen molar-refractivity contribution >= 4 is 22.4 Å². The monoisotopic (exact) mass is 282 g/mol. The van der Waals surface area contributed by atoms with Crippen LogP contribution in [0.5, 0.6) is 0 Å². The molecule has 1 atom stereocenters. The topological polar surface area (TPSA) is 32.8 Å². The molecule has 0 spiro atoms. The maximum atomic E-state index is 12.7. The van der Waals surface area contributed by atoms with E-state index in [9.17, 15) is 4.79 Å². The Balaban J connectivity index is 1.69. The Bertz CT molecular complexity index is 708. The molecular formula is C17H18N2O2. The fourth-order valence-electron chi connectivity index (χ4n) is 3.34. The first kappa shape index (κ1) is 12.8. The molecule has 1 amide bonds. The standard InChI is InChI=1S/C17H18N2O2/c1-12-10-18(8-9-21-12)11-19-15-7-3-5-13-4-2-6-14(16(13)15)17(19)20/h2-7,12H,8-11H2,1H3/t12-/m1/s1. The molecule has 0 saturated carbocycles. The molecule has 0 N–H and O–H groups in total. The molecule has 21 heavy (non-hydrogen) atoms. The van der Waals surface area contributed by atoms with Gasteiger partial charge in [-0.15, -0.1) is 0 Å². The van der Waals surface area contributed by atoms with Crippen molar-refractivity contribution in [3.8, 4) is 0 Å². The van der Waals surface area contributed by atoms with Crippen molar-refractivity contribution in [2.45, 2.75) is 13.0 Å². The number of hydrogen-bond donors (Lipinski definition) is 0. The van der Waals surface area contributed by atoms with E-state index in [-0.39, 0.29) is 12.0 Å². The normalized spacial score (nSPS) is 22.2. The van der Waals surface area contributed by atoms with Crippen LogP contribution >= 0.6 is 0 Å². The Labute approximate surface area is 123 Å². The minimum atomic E-state index is 0.112. The Kier molecular flexibility index (Phi) is 2.94. The van der Waals surface area contributed by atoms with E-state index in [1.54, 1.807) is 0 Å². The quantitative estimate of drug-likeness (QED) is 0.848. The Morgan fingerprint density at radius 1 is 1.24 bits per heavy atom. The van der Waals surface area contributed by atoms with Crippen molar-refractivity contribution < 1.29 is 9.53 Å². The number of ether oxygens (including phenoxy) is 1. The van der Waals surface area contributed by atoms with Crippen LogP contribution in [0.3, 0.4) is 0 Å². The van der Waals surface area contributed by atoms with Gasteiger partial charge in [0.2, 0.25) is 0 Å². The predicted octanol–water partition coefficient (Wildman–Crippen LogP) is 2.48. The summed E-state index contributed by atoms with van der Waals surface area (Å²) in [5.74, 6) is 0.112. The van der Waals surface area contributed by atoms with E-state index in [4.69, 9.17) is 4.74 Å². The van der Waals surface area contributed by atoms with Crippen LogP contribution in [0.25, 0.3) is 10.8 Å². The van der Waals surface area contributed by atoms with E-state index in [0.29, 0.717) is 6.67 Å². The molecule has 2 aliphatic rings. The van der Waals surface area contributed by atoms with Crippen molar-refractivity contribution in [3.05, 3.63) is 42.0 Å². The van der Waals surface area contributed by atoms with Gasteiger partial charge in [-0.25, -0.2) is 0 Å². The summed E-state index contributed by atoms with van der Waals surface area (Å²) in [5.41, 5.74) is 1.86. The van der Waals surface area contributed by atoms with E-state index in [0.717, 1.165) is 41.7 Å².